The fourth-order valence-corrected chi connectivity index (χ4v) is 2.24. The first-order chi connectivity index (χ1) is 9.00. The number of halogens is 2. The Bertz CT molecular complexity index is 520. The number of ether oxygens (including phenoxy) is 1. The highest BCUT2D eigenvalue weighted by Gasteiger charge is 2.33. The monoisotopic (exact) mass is 303 g/mol. The molecule has 2 rings (SSSR count). The number of carboxylic acids is 1. The van der Waals surface area contributed by atoms with Crippen molar-refractivity contribution < 1.29 is 19.4 Å². The van der Waals surface area contributed by atoms with Crippen LogP contribution in [0.1, 0.15) is 10.4 Å². The Morgan fingerprint density at radius 3 is 2.79 bits per heavy atom. The van der Waals surface area contributed by atoms with Crippen LogP contribution in [0.25, 0.3) is 0 Å². The van der Waals surface area contributed by atoms with Gasteiger partial charge in [0.2, 0.25) is 0 Å². The van der Waals surface area contributed by atoms with E-state index in [-0.39, 0.29) is 23.7 Å². The van der Waals surface area contributed by atoms with Crippen LogP contribution in [0.5, 0.6) is 0 Å². The minimum atomic E-state index is -1.11. The molecule has 1 saturated heterocycles. The van der Waals surface area contributed by atoms with Gasteiger partial charge in [0.05, 0.1) is 23.8 Å². The minimum Gasteiger partial charge on any atom is -0.480 e. The van der Waals surface area contributed by atoms with Crippen LogP contribution in [0.15, 0.2) is 18.2 Å². The largest absolute Gasteiger partial charge is 0.480 e. The predicted molar refractivity (Wildman–Crippen MR) is 69.7 cm³/mol. The molecular formula is C12H11Cl2NO4. The SMILES string of the molecule is O=C(O)C1COCCN1C(=O)c1cc(Cl)ccc1Cl. The smallest absolute Gasteiger partial charge is 0.328 e. The molecule has 0 bridgehead atoms. The number of rotatable bonds is 2. The number of carbonyl (C=O) groups excluding carboxylic acids is 1. The first kappa shape index (κ1) is 14.1. The number of hydrogen-bond acceptors (Lipinski definition) is 3. The first-order valence-corrected chi connectivity index (χ1v) is 6.33. The van der Waals surface area contributed by atoms with Crippen LogP contribution in [0, 0.1) is 0 Å². The molecule has 1 aromatic rings. The molecule has 1 aliphatic rings. The third-order valence-electron chi connectivity index (χ3n) is 2.83. The lowest BCUT2D eigenvalue weighted by atomic mass is 10.1. The quantitative estimate of drug-likeness (QED) is 0.906. The van der Waals surface area contributed by atoms with E-state index in [0.29, 0.717) is 11.6 Å². The van der Waals surface area contributed by atoms with E-state index >= 15 is 0 Å². The molecule has 19 heavy (non-hydrogen) atoms. The summed E-state index contributed by atoms with van der Waals surface area (Å²) in [6.45, 7) is 0.478. The molecule has 0 radical (unpaired) electrons. The average molecular weight is 304 g/mol. The third-order valence-corrected chi connectivity index (χ3v) is 3.40. The molecule has 0 aromatic heterocycles. The Hall–Kier alpha value is -1.30. The van der Waals surface area contributed by atoms with Gasteiger partial charge in [0.25, 0.3) is 5.91 Å². The van der Waals surface area contributed by atoms with Gasteiger partial charge in [-0.05, 0) is 18.2 Å². The van der Waals surface area contributed by atoms with Crippen LogP contribution in [-0.2, 0) is 9.53 Å². The van der Waals surface area contributed by atoms with Crippen LogP contribution in [0.3, 0.4) is 0 Å². The molecule has 0 spiro atoms. The second kappa shape index (κ2) is 5.77. The molecule has 1 N–H and O–H groups in total. The molecular weight excluding hydrogens is 293 g/mol. The standard InChI is InChI=1S/C12H11Cl2NO4/c13-7-1-2-9(14)8(5-7)11(16)15-3-4-19-6-10(15)12(17)18/h1-2,5,10H,3-4,6H2,(H,17,18). The fraction of sp³-hybridized carbons (Fsp3) is 0.333. The number of benzene rings is 1. The van der Waals surface area contributed by atoms with Crippen molar-refractivity contribution in [3.63, 3.8) is 0 Å². The number of carbonyl (C=O) groups is 2. The third kappa shape index (κ3) is 3.00. The highest BCUT2D eigenvalue weighted by atomic mass is 35.5. The molecule has 1 aromatic carbocycles. The molecule has 1 unspecified atom stereocenters. The van der Waals surface area contributed by atoms with E-state index in [1.807, 2.05) is 0 Å². The lowest BCUT2D eigenvalue weighted by Crippen LogP contribution is -2.52. The molecule has 1 amide bonds. The normalized spacial score (nSPS) is 19.3. The van der Waals surface area contributed by atoms with E-state index in [2.05, 4.69) is 0 Å². The molecule has 1 atom stereocenters. The molecule has 7 heteroatoms. The summed E-state index contributed by atoms with van der Waals surface area (Å²) in [5, 5.41) is 9.70. The highest BCUT2D eigenvalue weighted by molar-refractivity contribution is 6.35. The first-order valence-electron chi connectivity index (χ1n) is 5.57. The van der Waals surface area contributed by atoms with Crippen LogP contribution < -0.4 is 0 Å². The average Bonchev–Trinajstić information content (AvgIpc) is 2.40. The Morgan fingerprint density at radius 2 is 2.11 bits per heavy atom. The van der Waals surface area contributed by atoms with Crippen molar-refractivity contribution in [3.8, 4) is 0 Å². The van der Waals surface area contributed by atoms with Gasteiger partial charge in [-0.3, -0.25) is 4.79 Å². The molecule has 0 saturated carbocycles. The van der Waals surface area contributed by atoms with Crippen LogP contribution in [0.4, 0.5) is 0 Å². The molecule has 1 fully saturated rings. The molecule has 1 heterocycles. The molecule has 102 valence electrons. The van der Waals surface area contributed by atoms with Crippen molar-refractivity contribution in [3.05, 3.63) is 33.8 Å². The topological polar surface area (TPSA) is 66.8 Å². The van der Waals surface area contributed by atoms with E-state index in [1.165, 1.54) is 17.0 Å². The lowest BCUT2D eigenvalue weighted by molar-refractivity contribution is -0.147. The summed E-state index contributed by atoms with van der Waals surface area (Å²) in [4.78, 5) is 24.7. The number of aliphatic carboxylic acids is 1. The van der Waals surface area contributed by atoms with E-state index in [0.717, 1.165) is 0 Å². The summed E-state index contributed by atoms with van der Waals surface area (Å²) in [6.07, 6.45) is 0. The van der Waals surface area contributed by atoms with Gasteiger partial charge in [-0.25, -0.2) is 4.79 Å². The zero-order valence-corrected chi connectivity index (χ0v) is 11.3. The van der Waals surface area contributed by atoms with Gasteiger partial charge < -0.3 is 14.7 Å². The van der Waals surface area contributed by atoms with E-state index in [9.17, 15) is 9.59 Å². The summed E-state index contributed by atoms with van der Waals surface area (Å²) in [5.41, 5.74) is 0.197. The summed E-state index contributed by atoms with van der Waals surface area (Å²) in [6, 6.07) is 3.50. The maximum Gasteiger partial charge on any atom is 0.328 e. The maximum absolute atomic E-state index is 12.4. The second-order valence-electron chi connectivity index (χ2n) is 4.05. The van der Waals surface area contributed by atoms with Crippen molar-refractivity contribution in [1.29, 1.82) is 0 Å². The highest BCUT2D eigenvalue weighted by Crippen LogP contribution is 2.23. The van der Waals surface area contributed by atoms with E-state index in [4.69, 9.17) is 33.0 Å². The minimum absolute atomic E-state index is 0.0285. The Labute approximate surface area is 119 Å². The van der Waals surface area contributed by atoms with Crippen molar-refractivity contribution >= 4 is 35.1 Å². The van der Waals surface area contributed by atoms with Crippen molar-refractivity contribution in [1.82, 2.24) is 4.90 Å². The van der Waals surface area contributed by atoms with E-state index < -0.39 is 17.9 Å². The zero-order valence-electron chi connectivity index (χ0n) is 9.81. The fourth-order valence-electron chi connectivity index (χ4n) is 1.87. The van der Waals surface area contributed by atoms with Crippen molar-refractivity contribution in [2.45, 2.75) is 6.04 Å². The van der Waals surface area contributed by atoms with Gasteiger partial charge in [0.15, 0.2) is 6.04 Å². The number of nitrogens with zero attached hydrogens (tertiary/aromatic N) is 1. The van der Waals surface area contributed by atoms with Gasteiger partial charge in [0.1, 0.15) is 0 Å². The summed E-state index contributed by atoms with van der Waals surface area (Å²) in [7, 11) is 0. The zero-order chi connectivity index (χ0) is 14.0. The number of morpholine rings is 1. The van der Waals surface area contributed by atoms with Crippen LogP contribution in [-0.4, -0.2) is 47.7 Å². The van der Waals surface area contributed by atoms with Crippen LogP contribution in [0.2, 0.25) is 10.0 Å². The molecule has 5 nitrogen and oxygen atoms in total. The van der Waals surface area contributed by atoms with Gasteiger partial charge in [0, 0.05) is 11.6 Å². The van der Waals surface area contributed by atoms with Crippen molar-refractivity contribution in [2.24, 2.45) is 0 Å². The predicted octanol–water partition coefficient (Wildman–Crippen LogP) is 1.92. The maximum atomic E-state index is 12.4. The summed E-state index contributed by atoms with van der Waals surface area (Å²) < 4.78 is 5.08. The Kier molecular flexibility index (Phi) is 4.29. The van der Waals surface area contributed by atoms with Crippen molar-refractivity contribution in [2.75, 3.05) is 19.8 Å². The second-order valence-corrected chi connectivity index (χ2v) is 4.90. The summed E-state index contributed by atoms with van der Waals surface area (Å²) in [5.74, 6) is -1.56. The van der Waals surface area contributed by atoms with Gasteiger partial charge in [-0.1, -0.05) is 23.2 Å². The number of carboxylic acid groups (broad SMARTS) is 1. The molecule has 1 aliphatic heterocycles. The van der Waals surface area contributed by atoms with Crippen LogP contribution >= 0.6 is 23.2 Å². The van der Waals surface area contributed by atoms with Gasteiger partial charge >= 0.3 is 5.97 Å². The molecule has 0 aliphatic carbocycles. The number of hydrogen-bond donors (Lipinski definition) is 1. The lowest BCUT2D eigenvalue weighted by Gasteiger charge is -2.33. The Morgan fingerprint density at radius 1 is 1.37 bits per heavy atom. The summed E-state index contributed by atoms with van der Waals surface area (Å²) >= 11 is 11.8. The number of amides is 1. The van der Waals surface area contributed by atoms with Gasteiger partial charge in [-0.2, -0.15) is 0 Å². The van der Waals surface area contributed by atoms with Gasteiger partial charge in [-0.15, -0.1) is 0 Å². The van der Waals surface area contributed by atoms with E-state index in [1.54, 1.807) is 6.07 Å². The Balaban J connectivity index is 2.31.